The zero-order chi connectivity index (χ0) is 14.7. The summed E-state index contributed by atoms with van der Waals surface area (Å²) in [5.41, 5.74) is 0.233. The number of aromatic hydroxyl groups is 2. The normalized spacial score (nSPS) is 14.3. The van der Waals surface area contributed by atoms with Crippen molar-refractivity contribution in [3.8, 4) is 11.5 Å². The number of phenolic OH excluding ortho intramolecular Hbond substituents is 2. The highest BCUT2D eigenvalue weighted by Gasteiger charge is 2.22. The second-order valence-corrected chi connectivity index (χ2v) is 4.95. The second-order valence-electron chi connectivity index (χ2n) is 4.95. The molecule has 1 aliphatic heterocycles. The van der Waals surface area contributed by atoms with Gasteiger partial charge in [0.05, 0.1) is 6.54 Å². The SMILES string of the molecule is CN(CC(=O)N1CCCC1)C(=O)c1ccc(O)c(O)c1. The fourth-order valence-corrected chi connectivity index (χ4v) is 2.22. The van der Waals surface area contributed by atoms with Crippen molar-refractivity contribution in [1.29, 1.82) is 0 Å². The summed E-state index contributed by atoms with van der Waals surface area (Å²) in [7, 11) is 1.54. The number of rotatable bonds is 3. The number of likely N-dealkylation sites (N-methyl/N-ethyl adjacent to an activating group) is 1. The predicted octanol–water partition coefficient (Wildman–Crippen LogP) is 0.792. The van der Waals surface area contributed by atoms with Gasteiger partial charge in [-0.2, -0.15) is 0 Å². The molecule has 20 heavy (non-hydrogen) atoms. The Balaban J connectivity index is 2.00. The first-order chi connectivity index (χ1) is 9.49. The Kier molecular flexibility index (Phi) is 4.12. The van der Waals surface area contributed by atoms with Crippen molar-refractivity contribution in [1.82, 2.24) is 9.80 Å². The highest BCUT2D eigenvalue weighted by atomic mass is 16.3. The van der Waals surface area contributed by atoms with Gasteiger partial charge in [0.25, 0.3) is 5.91 Å². The summed E-state index contributed by atoms with van der Waals surface area (Å²) in [4.78, 5) is 27.1. The van der Waals surface area contributed by atoms with Crippen molar-refractivity contribution < 1.29 is 19.8 Å². The van der Waals surface area contributed by atoms with Crippen LogP contribution in [0.15, 0.2) is 18.2 Å². The van der Waals surface area contributed by atoms with Crippen LogP contribution in [0.4, 0.5) is 0 Å². The van der Waals surface area contributed by atoms with Gasteiger partial charge in [-0.1, -0.05) is 0 Å². The van der Waals surface area contributed by atoms with Crippen molar-refractivity contribution >= 4 is 11.8 Å². The molecule has 0 saturated carbocycles. The van der Waals surface area contributed by atoms with Crippen LogP contribution in [0.3, 0.4) is 0 Å². The molecule has 2 N–H and O–H groups in total. The minimum atomic E-state index is -0.368. The van der Waals surface area contributed by atoms with Crippen molar-refractivity contribution in [3.05, 3.63) is 23.8 Å². The first kappa shape index (κ1) is 14.2. The van der Waals surface area contributed by atoms with Crippen LogP contribution < -0.4 is 0 Å². The number of carbonyl (C=O) groups is 2. The minimum Gasteiger partial charge on any atom is -0.504 e. The monoisotopic (exact) mass is 278 g/mol. The van der Waals surface area contributed by atoms with Crippen molar-refractivity contribution in [2.24, 2.45) is 0 Å². The number of benzene rings is 1. The van der Waals surface area contributed by atoms with E-state index in [1.807, 2.05) is 0 Å². The lowest BCUT2D eigenvalue weighted by Gasteiger charge is -2.21. The van der Waals surface area contributed by atoms with E-state index in [0.717, 1.165) is 25.9 Å². The third kappa shape index (κ3) is 3.01. The van der Waals surface area contributed by atoms with E-state index in [4.69, 9.17) is 0 Å². The van der Waals surface area contributed by atoms with Crippen LogP contribution in [0, 0.1) is 0 Å². The number of phenols is 2. The third-order valence-electron chi connectivity index (χ3n) is 3.40. The molecular formula is C14H18N2O4. The molecule has 0 aliphatic carbocycles. The van der Waals surface area contributed by atoms with Crippen molar-refractivity contribution in [2.45, 2.75) is 12.8 Å². The molecule has 0 atom stereocenters. The lowest BCUT2D eigenvalue weighted by Crippen LogP contribution is -2.39. The lowest BCUT2D eigenvalue weighted by atomic mass is 10.2. The molecule has 6 nitrogen and oxygen atoms in total. The molecule has 0 radical (unpaired) electrons. The molecular weight excluding hydrogens is 260 g/mol. The number of hydrogen-bond donors (Lipinski definition) is 2. The van der Waals surface area contributed by atoms with Gasteiger partial charge in [0.15, 0.2) is 11.5 Å². The summed E-state index contributed by atoms with van der Waals surface area (Å²) >= 11 is 0. The van der Waals surface area contributed by atoms with Gasteiger partial charge in [0, 0.05) is 25.7 Å². The molecule has 0 bridgehead atoms. The number of nitrogens with zero attached hydrogens (tertiary/aromatic N) is 2. The van der Waals surface area contributed by atoms with Crippen LogP contribution in [0.5, 0.6) is 11.5 Å². The van der Waals surface area contributed by atoms with Crippen molar-refractivity contribution in [3.63, 3.8) is 0 Å². The average Bonchev–Trinajstić information content (AvgIpc) is 2.95. The van der Waals surface area contributed by atoms with Crippen LogP contribution in [-0.4, -0.2) is 58.5 Å². The quantitative estimate of drug-likeness (QED) is 0.801. The highest BCUT2D eigenvalue weighted by molar-refractivity contribution is 5.96. The summed E-state index contributed by atoms with van der Waals surface area (Å²) in [6, 6.07) is 3.85. The Morgan fingerprint density at radius 3 is 2.45 bits per heavy atom. The molecule has 0 aromatic heterocycles. The molecule has 2 amide bonds. The fourth-order valence-electron chi connectivity index (χ4n) is 2.22. The Labute approximate surface area is 117 Å². The number of amides is 2. The van der Waals surface area contributed by atoms with Crippen LogP contribution >= 0.6 is 0 Å². The maximum absolute atomic E-state index is 12.1. The van der Waals surface area contributed by atoms with Gasteiger partial charge in [-0.05, 0) is 31.0 Å². The molecule has 0 unspecified atom stereocenters. The van der Waals surface area contributed by atoms with Gasteiger partial charge < -0.3 is 20.0 Å². The first-order valence-corrected chi connectivity index (χ1v) is 6.54. The summed E-state index contributed by atoms with van der Waals surface area (Å²) in [5.74, 6) is -1.07. The van der Waals surface area contributed by atoms with Gasteiger partial charge >= 0.3 is 0 Å². The van der Waals surface area contributed by atoms with Crippen molar-refractivity contribution in [2.75, 3.05) is 26.7 Å². The van der Waals surface area contributed by atoms with Gasteiger partial charge in [-0.25, -0.2) is 0 Å². The fraction of sp³-hybridized carbons (Fsp3) is 0.429. The van der Waals surface area contributed by atoms with E-state index in [2.05, 4.69) is 0 Å². The molecule has 1 aromatic rings. The largest absolute Gasteiger partial charge is 0.504 e. The lowest BCUT2D eigenvalue weighted by molar-refractivity contribution is -0.130. The van der Waals surface area contributed by atoms with Gasteiger partial charge in [0.2, 0.25) is 5.91 Å². The Bertz CT molecular complexity index is 524. The zero-order valence-corrected chi connectivity index (χ0v) is 11.4. The number of hydrogen-bond acceptors (Lipinski definition) is 4. The second kappa shape index (κ2) is 5.81. The maximum Gasteiger partial charge on any atom is 0.254 e. The number of carbonyl (C=O) groups excluding carboxylic acids is 2. The van der Waals surface area contributed by atoms with E-state index in [0.29, 0.717) is 0 Å². The minimum absolute atomic E-state index is 0.0144. The molecule has 1 heterocycles. The first-order valence-electron chi connectivity index (χ1n) is 6.54. The Morgan fingerprint density at radius 2 is 1.85 bits per heavy atom. The maximum atomic E-state index is 12.1. The molecule has 1 fully saturated rings. The zero-order valence-electron chi connectivity index (χ0n) is 11.4. The molecule has 6 heteroatoms. The van der Waals surface area contributed by atoms with Gasteiger partial charge in [0.1, 0.15) is 0 Å². The van der Waals surface area contributed by atoms with Gasteiger partial charge in [-0.15, -0.1) is 0 Å². The average molecular weight is 278 g/mol. The Morgan fingerprint density at radius 1 is 1.20 bits per heavy atom. The summed E-state index contributed by atoms with van der Waals surface area (Å²) in [5, 5.41) is 18.6. The highest BCUT2D eigenvalue weighted by Crippen LogP contribution is 2.25. The topological polar surface area (TPSA) is 81.1 Å². The molecule has 1 saturated heterocycles. The van der Waals surface area contributed by atoms with Crippen LogP contribution in [-0.2, 0) is 4.79 Å². The smallest absolute Gasteiger partial charge is 0.254 e. The Hall–Kier alpha value is -2.24. The van der Waals surface area contributed by atoms with E-state index >= 15 is 0 Å². The van der Waals surface area contributed by atoms with E-state index < -0.39 is 0 Å². The summed E-state index contributed by atoms with van der Waals surface area (Å²) in [6.45, 7) is 1.52. The van der Waals surface area contributed by atoms with E-state index in [1.165, 1.54) is 23.1 Å². The van der Waals surface area contributed by atoms with E-state index in [9.17, 15) is 19.8 Å². The molecule has 108 valence electrons. The van der Waals surface area contributed by atoms with Crippen LogP contribution in [0.1, 0.15) is 23.2 Å². The number of likely N-dealkylation sites (tertiary alicyclic amines) is 1. The van der Waals surface area contributed by atoms with Gasteiger partial charge in [-0.3, -0.25) is 9.59 Å². The van der Waals surface area contributed by atoms with Crippen LogP contribution in [0.2, 0.25) is 0 Å². The summed E-state index contributed by atoms with van der Waals surface area (Å²) in [6.07, 6.45) is 2.02. The molecule has 0 spiro atoms. The molecule has 2 rings (SSSR count). The summed E-state index contributed by atoms with van der Waals surface area (Å²) < 4.78 is 0. The third-order valence-corrected chi connectivity index (χ3v) is 3.40. The van der Waals surface area contributed by atoms with E-state index in [1.54, 1.807) is 11.9 Å². The molecule has 1 aliphatic rings. The van der Waals surface area contributed by atoms with Crippen LogP contribution in [0.25, 0.3) is 0 Å². The standard InChI is InChI=1S/C14H18N2O4/c1-15(9-13(19)16-6-2-3-7-16)14(20)10-4-5-11(17)12(18)8-10/h4-5,8,17-18H,2-3,6-7,9H2,1H3. The van der Waals surface area contributed by atoms with E-state index in [-0.39, 0.29) is 35.4 Å². The predicted molar refractivity (Wildman–Crippen MR) is 72.5 cm³/mol. The molecule has 1 aromatic carbocycles.